The van der Waals surface area contributed by atoms with E-state index in [9.17, 15) is 0 Å². The van der Waals surface area contributed by atoms with Crippen LogP contribution in [0.15, 0.2) is 6.20 Å². The maximum Gasteiger partial charge on any atom is 0.161 e. The molecule has 0 saturated heterocycles. The van der Waals surface area contributed by atoms with E-state index in [4.69, 9.17) is 4.74 Å². The molecule has 4 heteroatoms. The van der Waals surface area contributed by atoms with Crippen molar-refractivity contribution >= 4 is 0 Å². The molecule has 0 bridgehead atoms. The van der Waals surface area contributed by atoms with E-state index in [2.05, 4.69) is 17.3 Å². The average molecular weight is 223 g/mol. The highest BCUT2D eigenvalue weighted by molar-refractivity contribution is 5.29. The normalized spacial score (nSPS) is 18.2. The van der Waals surface area contributed by atoms with Crippen LogP contribution in [0.4, 0.5) is 0 Å². The zero-order valence-corrected chi connectivity index (χ0v) is 10.4. The predicted molar refractivity (Wildman–Crippen MR) is 63.5 cm³/mol. The van der Waals surface area contributed by atoms with Gasteiger partial charge in [0.05, 0.1) is 25.0 Å². The third kappa shape index (κ3) is 1.94. The van der Waals surface area contributed by atoms with Gasteiger partial charge in [-0.1, -0.05) is 13.3 Å². The van der Waals surface area contributed by atoms with Gasteiger partial charge in [0.25, 0.3) is 0 Å². The summed E-state index contributed by atoms with van der Waals surface area (Å²) < 4.78 is 7.32. The molecule has 4 nitrogen and oxygen atoms in total. The van der Waals surface area contributed by atoms with E-state index in [-0.39, 0.29) is 0 Å². The molecule has 1 unspecified atom stereocenters. The molecule has 1 aliphatic rings. The first-order valence-electron chi connectivity index (χ1n) is 6.07. The van der Waals surface area contributed by atoms with Gasteiger partial charge in [-0.05, 0) is 25.3 Å². The molecule has 1 heterocycles. The number of aromatic nitrogens is 2. The molecule has 16 heavy (non-hydrogen) atoms. The molecule has 0 amide bonds. The molecule has 1 N–H and O–H groups in total. The first-order chi connectivity index (χ1) is 7.77. The van der Waals surface area contributed by atoms with Crippen LogP contribution in [0.2, 0.25) is 0 Å². The first kappa shape index (κ1) is 11.5. The van der Waals surface area contributed by atoms with Crippen LogP contribution in [0.3, 0.4) is 0 Å². The van der Waals surface area contributed by atoms with Crippen LogP contribution in [0.5, 0.6) is 5.75 Å². The van der Waals surface area contributed by atoms with E-state index in [1.54, 1.807) is 13.3 Å². The number of rotatable bonds is 5. The number of nitrogens with zero attached hydrogens (tertiary/aromatic N) is 2. The largest absolute Gasteiger partial charge is 0.493 e. The topological polar surface area (TPSA) is 39.1 Å². The molecule has 0 aromatic carbocycles. The van der Waals surface area contributed by atoms with Gasteiger partial charge in [0.2, 0.25) is 0 Å². The van der Waals surface area contributed by atoms with Gasteiger partial charge in [0, 0.05) is 7.05 Å². The van der Waals surface area contributed by atoms with Gasteiger partial charge in [-0.2, -0.15) is 5.10 Å². The molecule has 1 atom stereocenters. The van der Waals surface area contributed by atoms with Crippen LogP contribution in [0, 0.1) is 5.92 Å². The third-order valence-corrected chi connectivity index (χ3v) is 3.51. The summed E-state index contributed by atoms with van der Waals surface area (Å²) in [5.41, 5.74) is 1.19. The summed E-state index contributed by atoms with van der Waals surface area (Å²) >= 11 is 0. The van der Waals surface area contributed by atoms with E-state index in [1.165, 1.54) is 25.0 Å². The Morgan fingerprint density at radius 2 is 2.38 bits per heavy atom. The van der Waals surface area contributed by atoms with Crippen LogP contribution in [-0.4, -0.2) is 23.4 Å². The summed E-state index contributed by atoms with van der Waals surface area (Å²) in [5, 5.41) is 7.84. The lowest BCUT2D eigenvalue weighted by Gasteiger charge is -2.34. The van der Waals surface area contributed by atoms with E-state index in [1.807, 2.05) is 11.7 Å². The molecule has 1 aliphatic carbocycles. The van der Waals surface area contributed by atoms with Gasteiger partial charge >= 0.3 is 0 Å². The molecule has 0 radical (unpaired) electrons. The third-order valence-electron chi connectivity index (χ3n) is 3.51. The maximum atomic E-state index is 5.39. The Balaban J connectivity index is 2.25. The minimum Gasteiger partial charge on any atom is -0.493 e. The summed E-state index contributed by atoms with van der Waals surface area (Å²) in [5.74, 6) is 1.64. The SMILES string of the molecule is CCNC(c1c(OC)cnn1C)C1CCC1. The van der Waals surface area contributed by atoms with Gasteiger partial charge in [0.1, 0.15) is 0 Å². The van der Waals surface area contributed by atoms with E-state index in [0.717, 1.165) is 18.2 Å². The smallest absolute Gasteiger partial charge is 0.161 e. The number of hydrogen-bond donors (Lipinski definition) is 1. The molecule has 2 rings (SSSR count). The molecule has 1 aromatic heterocycles. The Kier molecular flexibility index (Phi) is 3.49. The van der Waals surface area contributed by atoms with E-state index in [0.29, 0.717) is 6.04 Å². The maximum absolute atomic E-state index is 5.39. The van der Waals surface area contributed by atoms with Crippen LogP contribution >= 0.6 is 0 Å². The monoisotopic (exact) mass is 223 g/mol. The quantitative estimate of drug-likeness (QED) is 0.828. The number of ether oxygens (including phenoxy) is 1. The Hall–Kier alpha value is -1.03. The van der Waals surface area contributed by atoms with Crippen molar-refractivity contribution in [1.29, 1.82) is 0 Å². The number of aryl methyl sites for hydroxylation is 1. The summed E-state index contributed by atoms with van der Waals surface area (Å²) in [4.78, 5) is 0. The molecule has 90 valence electrons. The summed E-state index contributed by atoms with van der Waals surface area (Å²) in [6.07, 6.45) is 5.78. The molecule has 0 aliphatic heterocycles. The molecular weight excluding hydrogens is 202 g/mol. The highest BCUT2D eigenvalue weighted by Crippen LogP contribution is 2.40. The zero-order chi connectivity index (χ0) is 11.5. The molecule has 1 saturated carbocycles. The van der Waals surface area contributed by atoms with Crippen molar-refractivity contribution in [2.24, 2.45) is 13.0 Å². The highest BCUT2D eigenvalue weighted by atomic mass is 16.5. The van der Waals surface area contributed by atoms with Gasteiger partial charge in [-0.15, -0.1) is 0 Å². The fourth-order valence-electron chi connectivity index (χ4n) is 2.42. The van der Waals surface area contributed by atoms with Crippen molar-refractivity contribution < 1.29 is 4.74 Å². The van der Waals surface area contributed by atoms with Crippen molar-refractivity contribution in [3.8, 4) is 5.75 Å². The fraction of sp³-hybridized carbons (Fsp3) is 0.750. The first-order valence-corrected chi connectivity index (χ1v) is 6.07. The number of nitrogens with one attached hydrogen (secondary N) is 1. The average Bonchev–Trinajstić information content (AvgIpc) is 2.56. The summed E-state index contributed by atoms with van der Waals surface area (Å²) in [7, 11) is 3.70. The van der Waals surface area contributed by atoms with Gasteiger partial charge < -0.3 is 10.1 Å². The van der Waals surface area contributed by atoms with Gasteiger partial charge in [-0.25, -0.2) is 0 Å². The Morgan fingerprint density at radius 1 is 1.62 bits per heavy atom. The summed E-state index contributed by atoms with van der Waals surface area (Å²) in [6.45, 7) is 3.13. The Labute approximate surface area is 97.0 Å². The van der Waals surface area contributed by atoms with Crippen LogP contribution in [-0.2, 0) is 7.05 Å². The molecule has 1 fully saturated rings. The lowest BCUT2D eigenvalue weighted by molar-refractivity contribution is 0.221. The van der Waals surface area contributed by atoms with Gasteiger partial charge in [0.15, 0.2) is 5.75 Å². The fourth-order valence-corrected chi connectivity index (χ4v) is 2.42. The van der Waals surface area contributed by atoms with E-state index < -0.39 is 0 Å². The zero-order valence-electron chi connectivity index (χ0n) is 10.4. The predicted octanol–water partition coefficient (Wildman–Crippen LogP) is 1.88. The van der Waals surface area contributed by atoms with Crippen molar-refractivity contribution in [2.45, 2.75) is 32.2 Å². The number of hydrogen-bond acceptors (Lipinski definition) is 3. The van der Waals surface area contributed by atoms with Crippen molar-refractivity contribution in [1.82, 2.24) is 15.1 Å². The Morgan fingerprint density at radius 3 is 2.88 bits per heavy atom. The second-order valence-corrected chi connectivity index (χ2v) is 4.45. The van der Waals surface area contributed by atoms with Crippen molar-refractivity contribution in [2.75, 3.05) is 13.7 Å². The lowest BCUT2D eigenvalue weighted by Crippen LogP contribution is -2.33. The number of methoxy groups -OCH3 is 1. The summed E-state index contributed by atoms with van der Waals surface area (Å²) in [6, 6.07) is 0.390. The second kappa shape index (κ2) is 4.87. The van der Waals surface area contributed by atoms with Crippen molar-refractivity contribution in [3.63, 3.8) is 0 Å². The minimum absolute atomic E-state index is 0.390. The van der Waals surface area contributed by atoms with E-state index >= 15 is 0 Å². The minimum atomic E-state index is 0.390. The highest BCUT2D eigenvalue weighted by Gasteiger charge is 2.31. The Bertz CT molecular complexity index is 344. The second-order valence-electron chi connectivity index (χ2n) is 4.45. The molecule has 1 aromatic rings. The van der Waals surface area contributed by atoms with Gasteiger partial charge in [-0.3, -0.25) is 4.68 Å². The molecule has 0 spiro atoms. The van der Waals surface area contributed by atoms with Crippen molar-refractivity contribution in [3.05, 3.63) is 11.9 Å². The molecular formula is C12H21N3O. The van der Waals surface area contributed by atoms with Crippen LogP contribution in [0.25, 0.3) is 0 Å². The van der Waals surface area contributed by atoms with Crippen LogP contribution < -0.4 is 10.1 Å². The lowest BCUT2D eigenvalue weighted by atomic mass is 9.78. The standard InChI is InChI=1S/C12H21N3O/c1-4-13-11(9-6-5-7-9)12-10(16-3)8-14-15(12)2/h8-9,11,13H,4-7H2,1-3H3. The van der Waals surface area contributed by atoms with Crippen LogP contribution in [0.1, 0.15) is 37.9 Å².